The zero-order valence-corrected chi connectivity index (χ0v) is 6.89. The number of nitrogens with one attached hydrogen (secondary N) is 1. The molecule has 14 heavy (non-hydrogen) atoms. The molecule has 3 N–H and O–H groups in total. The molecule has 0 aliphatic rings. The monoisotopic (exact) mass is 201 g/mol. The SMILES string of the molecule is Nc1cc(C(F)(F)F)cc2nc[nH]c12. The number of benzene rings is 1. The van der Waals surface area contributed by atoms with E-state index in [1.807, 2.05) is 0 Å². The van der Waals surface area contributed by atoms with Crippen molar-refractivity contribution in [2.24, 2.45) is 0 Å². The van der Waals surface area contributed by atoms with E-state index < -0.39 is 11.7 Å². The molecule has 0 spiro atoms. The number of aromatic nitrogens is 2. The number of nitrogens with zero attached hydrogens (tertiary/aromatic N) is 1. The maximum Gasteiger partial charge on any atom is 0.416 e. The van der Waals surface area contributed by atoms with Gasteiger partial charge in [-0.25, -0.2) is 4.98 Å². The van der Waals surface area contributed by atoms with Crippen molar-refractivity contribution < 1.29 is 13.2 Å². The van der Waals surface area contributed by atoms with Crippen LogP contribution in [0.3, 0.4) is 0 Å². The fourth-order valence-electron chi connectivity index (χ4n) is 1.24. The van der Waals surface area contributed by atoms with Crippen LogP contribution in [0.4, 0.5) is 18.9 Å². The molecule has 0 amide bonds. The van der Waals surface area contributed by atoms with E-state index in [9.17, 15) is 13.2 Å². The van der Waals surface area contributed by atoms with E-state index in [1.165, 1.54) is 6.33 Å². The minimum Gasteiger partial charge on any atom is -0.397 e. The molecule has 0 bridgehead atoms. The molecule has 74 valence electrons. The number of anilines is 1. The van der Waals surface area contributed by atoms with Crippen LogP contribution in [0, 0.1) is 0 Å². The van der Waals surface area contributed by atoms with E-state index in [0.29, 0.717) is 5.52 Å². The van der Waals surface area contributed by atoms with E-state index in [1.54, 1.807) is 0 Å². The third-order valence-corrected chi connectivity index (χ3v) is 1.89. The van der Waals surface area contributed by atoms with E-state index in [0.717, 1.165) is 12.1 Å². The van der Waals surface area contributed by atoms with Gasteiger partial charge in [0.2, 0.25) is 0 Å². The van der Waals surface area contributed by atoms with Gasteiger partial charge in [-0.2, -0.15) is 13.2 Å². The number of fused-ring (bicyclic) bond motifs is 1. The second kappa shape index (κ2) is 2.63. The Kier molecular flexibility index (Phi) is 1.67. The average Bonchev–Trinajstić information content (AvgIpc) is 2.50. The summed E-state index contributed by atoms with van der Waals surface area (Å²) in [4.78, 5) is 6.38. The van der Waals surface area contributed by atoms with Gasteiger partial charge in [0.25, 0.3) is 0 Å². The maximum atomic E-state index is 12.3. The summed E-state index contributed by atoms with van der Waals surface area (Å²) in [6.45, 7) is 0. The molecule has 0 aliphatic heterocycles. The van der Waals surface area contributed by atoms with Crippen LogP contribution in [0.5, 0.6) is 0 Å². The number of imidazole rings is 1. The van der Waals surface area contributed by atoms with Crippen LogP contribution in [-0.4, -0.2) is 9.97 Å². The molecule has 6 heteroatoms. The zero-order valence-electron chi connectivity index (χ0n) is 6.89. The van der Waals surface area contributed by atoms with Crippen molar-refractivity contribution in [1.29, 1.82) is 0 Å². The molecule has 3 nitrogen and oxygen atoms in total. The summed E-state index contributed by atoms with van der Waals surface area (Å²) in [7, 11) is 0. The molecule has 0 radical (unpaired) electrons. The highest BCUT2D eigenvalue weighted by Crippen LogP contribution is 2.33. The van der Waals surface area contributed by atoms with E-state index >= 15 is 0 Å². The van der Waals surface area contributed by atoms with Crippen LogP contribution in [-0.2, 0) is 6.18 Å². The number of H-pyrrole nitrogens is 1. The molecule has 0 atom stereocenters. The van der Waals surface area contributed by atoms with Crippen molar-refractivity contribution in [3.63, 3.8) is 0 Å². The van der Waals surface area contributed by atoms with Crippen LogP contribution in [0.25, 0.3) is 11.0 Å². The highest BCUT2D eigenvalue weighted by molar-refractivity contribution is 5.87. The third-order valence-electron chi connectivity index (χ3n) is 1.89. The topological polar surface area (TPSA) is 54.7 Å². The van der Waals surface area contributed by atoms with Gasteiger partial charge >= 0.3 is 6.18 Å². The molecular formula is C8H6F3N3. The summed E-state index contributed by atoms with van der Waals surface area (Å²) in [6, 6.07) is 1.85. The van der Waals surface area contributed by atoms with Gasteiger partial charge in [0.1, 0.15) is 0 Å². The maximum absolute atomic E-state index is 12.3. The lowest BCUT2D eigenvalue weighted by Crippen LogP contribution is -2.05. The molecule has 0 aliphatic carbocycles. The average molecular weight is 201 g/mol. The number of alkyl halides is 3. The first kappa shape index (κ1) is 8.86. The largest absolute Gasteiger partial charge is 0.416 e. The molecule has 1 heterocycles. The number of halogens is 3. The van der Waals surface area contributed by atoms with E-state index in [2.05, 4.69) is 9.97 Å². The molecule has 2 rings (SSSR count). The van der Waals surface area contributed by atoms with Crippen molar-refractivity contribution in [2.45, 2.75) is 6.18 Å². The molecule has 1 aromatic heterocycles. The summed E-state index contributed by atoms with van der Waals surface area (Å²) in [5.74, 6) is 0. The van der Waals surface area contributed by atoms with Gasteiger partial charge in [-0.1, -0.05) is 0 Å². The Morgan fingerprint density at radius 2 is 2.00 bits per heavy atom. The van der Waals surface area contributed by atoms with Crippen LogP contribution >= 0.6 is 0 Å². The summed E-state index contributed by atoms with van der Waals surface area (Å²) in [5, 5.41) is 0. The van der Waals surface area contributed by atoms with Crippen LogP contribution in [0.15, 0.2) is 18.5 Å². The zero-order chi connectivity index (χ0) is 10.3. The molecule has 0 fully saturated rings. The predicted octanol–water partition coefficient (Wildman–Crippen LogP) is 2.16. The highest BCUT2D eigenvalue weighted by atomic mass is 19.4. The summed E-state index contributed by atoms with van der Waals surface area (Å²) in [6.07, 6.45) is -3.08. The molecule has 0 saturated heterocycles. The molecule has 2 aromatic rings. The normalized spacial score (nSPS) is 12.2. The van der Waals surface area contributed by atoms with Crippen molar-refractivity contribution in [1.82, 2.24) is 9.97 Å². The van der Waals surface area contributed by atoms with Crippen molar-refractivity contribution in [2.75, 3.05) is 5.73 Å². The number of nitrogen functional groups attached to an aromatic ring is 1. The Morgan fingerprint density at radius 1 is 1.29 bits per heavy atom. The number of rotatable bonds is 0. The highest BCUT2D eigenvalue weighted by Gasteiger charge is 2.31. The van der Waals surface area contributed by atoms with Crippen LogP contribution in [0.1, 0.15) is 5.56 Å². The van der Waals surface area contributed by atoms with Crippen LogP contribution < -0.4 is 5.73 Å². The molecule has 0 saturated carbocycles. The first-order chi connectivity index (χ1) is 6.48. The van der Waals surface area contributed by atoms with E-state index in [-0.39, 0.29) is 11.2 Å². The minimum atomic E-state index is -4.39. The van der Waals surface area contributed by atoms with Gasteiger partial charge in [-0.3, -0.25) is 0 Å². The van der Waals surface area contributed by atoms with Gasteiger partial charge in [0, 0.05) is 0 Å². The van der Waals surface area contributed by atoms with Gasteiger partial charge < -0.3 is 10.7 Å². The Bertz CT molecular complexity index is 472. The number of hydrogen-bond acceptors (Lipinski definition) is 2. The number of aromatic amines is 1. The second-order valence-corrected chi connectivity index (χ2v) is 2.86. The summed E-state index contributed by atoms with van der Waals surface area (Å²) < 4.78 is 36.9. The Hall–Kier alpha value is -1.72. The standard InChI is InChI=1S/C8H6F3N3/c9-8(10,11)4-1-5(12)7-6(2-4)13-3-14-7/h1-3H,12H2,(H,13,14). The minimum absolute atomic E-state index is 0.0484. The van der Waals surface area contributed by atoms with Gasteiger partial charge in [-0.05, 0) is 12.1 Å². The van der Waals surface area contributed by atoms with Gasteiger partial charge in [0.05, 0.1) is 28.6 Å². The summed E-state index contributed by atoms with van der Waals surface area (Å²) >= 11 is 0. The second-order valence-electron chi connectivity index (χ2n) is 2.86. The Morgan fingerprint density at radius 3 is 2.64 bits per heavy atom. The molecule has 1 aromatic carbocycles. The first-order valence-electron chi connectivity index (χ1n) is 3.78. The van der Waals surface area contributed by atoms with Gasteiger partial charge in [0.15, 0.2) is 0 Å². The lowest BCUT2D eigenvalue weighted by atomic mass is 10.1. The quantitative estimate of drug-likeness (QED) is 0.641. The van der Waals surface area contributed by atoms with Crippen LogP contribution in [0.2, 0.25) is 0 Å². The van der Waals surface area contributed by atoms with Crippen molar-refractivity contribution in [3.8, 4) is 0 Å². The summed E-state index contributed by atoms with van der Waals surface area (Å²) in [5.41, 5.74) is 5.34. The van der Waals surface area contributed by atoms with Crippen molar-refractivity contribution >= 4 is 16.7 Å². The number of nitrogens with two attached hydrogens (primary N) is 1. The predicted molar refractivity (Wildman–Crippen MR) is 45.5 cm³/mol. The third kappa shape index (κ3) is 1.28. The Balaban J connectivity index is 2.70. The van der Waals surface area contributed by atoms with E-state index in [4.69, 9.17) is 5.73 Å². The smallest absolute Gasteiger partial charge is 0.397 e. The van der Waals surface area contributed by atoms with Gasteiger partial charge in [-0.15, -0.1) is 0 Å². The fraction of sp³-hybridized carbons (Fsp3) is 0.125. The first-order valence-corrected chi connectivity index (χ1v) is 3.78. The lowest BCUT2D eigenvalue weighted by molar-refractivity contribution is -0.137. The molecular weight excluding hydrogens is 195 g/mol. The number of hydrogen-bond donors (Lipinski definition) is 2. The van der Waals surface area contributed by atoms with Crippen molar-refractivity contribution in [3.05, 3.63) is 24.0 Å². The fourth-order valence-corrected chi connectivity index (χ4v) is 1.24. The Labute approximate surface area is 76.7 Å². The molecule has 0 unspecified atom stereocenters. The lowest BCUT2D eigenvalue weighted by Gasteiger charge is -2.07.